The van der Waals surface area contributed by atoms with Gasteiger partial charge >= 0.3 is 0 Å². The van der Waals surface area contributed by atoms with Crippen LogP contribution in [0.2, 0.25) is 0 Å². The number of likely N-dealkylation sites (N-methyl/N-ethyl adjacent to an activating group) is 1. The average molecular weight is 362 g/mol. The fraction of sp³-hybridized carbons (Fsp3) is 0.471. The second kappa shape index (κ2) is 7.79. The number of nitrogens with one attached hydrogen (secondary N) is 1. The Morgan fingerprint density at radius 3 is 2.96 bits per heavy atom. The molecule has 1 heterocycles. The van der Waals surface area contributed by atoms with Crippen molar-refractivity contribution >= 4 is 18.1 Å². The Bertz CT molecular complexity index is 797. The van der Waals surface area contributed by atoms with Gasteiger partial charge < -0.3 is 14.5 Å². The van der Waals surface area contributed by atoms with Crippen molar-refractivity contribution in [3.8, 4) is 17.2 Å². The largest absolute Gasteiger partial charge is 0.493 e. The fourth-order valence-corrected chi connectivity index (χ4v) is 2.63. The molecule has 134 valence electrons. The van der Waals surface area contributed by atoms with Gasteiger partial charge in [0.05, 0.1) is 25.4 Å². The number of aromatic nitrogens is 2. The van der Waals surface area contributed by atoms with E-state index in [-0.39, 0.29) is 17.3 Å². The van der Waals surface area contributed by atoms with Crippen LogP contribution in [0.1, 0.15) is 19.8 Å². The number of para-hydroxylation sites is 1. The van der Waals surface area contributed by atoms with Gasteiger partial charge in [-0.05, 0) is 51.2 Å². The number of benzene rings is 1. The van der Waals surface area contributed by atoms with Gasteiger partial charge in [0, 0.05) is 6.04 Å². The van der Waals surface area contributed by atoms with Crippen molar-refractivity contribution in [2.45, 2.75) is 32.5 Å². The van der Waals surface area contributed by atoms with Crippen molar-refractivity contribution < 1.29 is 13.9 Å². The van der Waals surface area contributed by atoms with Crippen LogP contribution in [0.3, 0.4) is 0 Å². The van der Waals surface area contributed by atoms with E-state index in [2.05, 4.69) is 10.4 Å². The minimum atomic E-state index is 0.0157. The number of nitrogens with zero attached hydrogens (tertiary/aromatic N) is 3. The quantitative estimate of drug-likeness (QED) is 0.727. The molecule has 2 aromatic rings. The number of carbonyl (C=O) groups excluding carboxylic acids is 1. The highest BCUT2D eigenvalue weighted by Gasteiger charge is 2.23. The molecule has 0 unspecified atom stereocenters. The maximum absolute atomic E-state index is 11.9. The summed E-state index contributed by atoms with van der Waals surface area (Å²) in [5.74, 6) is 1.12. The molecule has 1 N–H and O–H groups in total. The van der Waals surface area contributed by atoms with Gasteiger partial charge in [-0.15, -0.1) is 5.10 Å². The minimum absolute atomic E-state index is 0.0157. The molecule has 8 heteroatoms. The van der Waals surface area contributed by atoms with Crippen molar-refractivity contribution in [3.05, 3.63) is 29.1 Å². The molecule has 0 saturated heterocycles. The maximum Gasteiger partial charge on any atom is 0.288 e. The zero-order chi connectivity index (χ0) is 17.8. The normalized spacial score (nSPS) is 13.9. The second-order valence-electron chi connectivity index (χ2n) is 6.10. The first-order valence-corrected chi connectivity index (χ1v) is 8.75. The smallest absolute Gasteiger partial charge is 0.288 e. The molecule has 1 saturated carbocycles. The van der Waals surface area contributed by atoms with Crippen LogP contribution in [-0.2, 0) is 11.5 Å². The lowest BCUT2D eigenvalue weighted by molar-refractivity contribution is -0.122. The topological polar surface area (TPSA) is 72.5 Å². The van der Waals surface area contributed by atoms with Crippen molar-refractivity contribution in [1.29, 1.82) is 0 Å². The average Bonchev–Trinajstić information content (AvgIpc) is 3.30. The zero-order valence-corrected chi connectivity index (χ0v) is 15.2. The summed E-state index contributed by atoms with van der Waals surface area (Å²) < 4.78 is 12.8. The van der Waals surface area contributed by atoms with E-state index in [9.17, 15) is 4.79 Å². The standard InChI is InChI=1S/C17H22N4O3S/c1-3-23-14-7-5-4-6-13(14)16-19-21(17(25)24-16)11-20(2)10-15(22)18-12-8-9-12/h4-7,12H,3,8-11H2,1-2H3,(H,18,22). The van der Waals surface area contributed by atoms with Crippen LogP contribution in [0.15, 0.2) is 28.7 Å². The van der Waals surface area contributed by atoms with Gasteiger partial charge in [0.15, 0.2) is 0 Å². The third kappa shape index (κ3) is 4.67. The zero-order valence-electron chi connectivity index (χ0n) is 14.4. The molecular formula is C17H22N4O3S. The molecule has 1 aromatic carbocycles. The Kier molecular flexibility index (Phi) is 5.50. The lowest BCUT2D eigenvalue weighted by Crippen LogP contribution is -2.37. The fourth-order valence-electron chi connectivity index (χ4n) is 2.45. The SMILES string of the molecule is CCOc1ccccc1-c1nn(CN(C)CC(=O)NC2CC2)c(=S)o1. The van der Waals surface area contributed by atoms with Crippen LogP contribution in [0.5, 0.6) is 5.75 Å². The predicted octanol–water partition coefficient (Wildman–Crippen LogP) is 2.44. The lowest BCUT2D eigenvalue weighted by atomic mass is 10.2. The van der Waals surface area contributed by atoms with E-state index in [0.717, 1.165) is 18.4 Å². The Balaban J connectivity index is 1.69. The second-order valence-corrected chi connectivity index (χ2v) is 6.45. The van der Waals surface area contributed by atoms with Gasteiger partial charge in [0.1, 0.15) is 5.75 Å². The Hall–Kier alpha value is -2.19. The summed E-state index contributed by atoms with van der Waals surface area (Å²) in [6.07, 6.45) is 2.15. The molecule has 1 aliphatic carbocycles. The number of rotatable bonds is 8. The summed E-state index contributed by atoms with van der Waals surface area (Å²) in [5, 5.41) is 7.40. The van der Waals surface area contributed by atoms with Crippen molar-refractivity contribution in [2.24, 2.45) is 0 Å². The van der Waals surface area contributed by atoms with Gasteiger partial charge in [-0.3, -0.25) is 9.69 Å². The summed E-state index contributed by atoms with van der Waals surface area (Å²) in [6.45, 7) is 3.14. The Morgan fingerprint density at radius 1 is 1.48 bits per heavy atom. The highest BCUT2D eigenvalue weighted by atomic mass is 32.1. The minimum Gasteiger partial charge on any atom is -0.493 e. The molecule has 3 rings (SSSR count). The molecule has 1 amide bonds. The maximum atomic E-state index is 11.9. The molecule has 0 spiro atoms. The van der Waals surface area contributed by atoms with E-state index >= 15 is 0 Å². The van der Waals surface area contributed by atoms with Crippen molar-refractivity contribution in [1.82, 2.24) is 20.0 Å². The summed E-state index contributed by atoms with van der Waals surface area (Å²) in [7, 11) is 1.84. The van der Waals surface area contributed by atoms with Crippen LogP contribution >= 0.6 is 12.2 Å². The number of ether oxygens (including phenoxy) is 1. The predicted molar refractivity (Wildman–Crippen MR) is 95.7 cm³/mol. The third-order valence-corrected chi connectivity index (χ3v) is 4.05. The first kappa shape index (κ1) is 17.6. The molecule has 1 fully saturated rings. The lowest BCUT2D eigenvalue weighted by Gasteiger charge is -2.15. The summed E-state index contributed by atoms with van der Waals surface area (Å²) in [4.78, 5) is 14.0. The summed E-state index contributed by atoms with van der Waals surface area (Å²) >= 11 is 5.26. The first-order valence-electron chi connectivity index (χ1n) is 8.35. The van der Waals surface area contributed by atoms with E-state index in [1.165, 1.54) is 0 Å². The molecule has 0 aliphatic heterocycles. The first-order chi connectivity index (χ1) is 12.1. The third-order valence-electron chi connectivity index (χ3n) is 3.75. The van der Waals surface area contributed by atoms with Crippen LogP contribution in [-0.4, -0.2) is 46.8 Å². The van der Waals surface area contributed by atoms with Gasteiger partial charge in [0.2, 0.25) is 5.91 Å². The highest BCUT2D eigenvalue weighted by Crippen LogP contribution is 2.28. The number of hydrogen-bond acceptors (Lipinski definition) is 6. The monoisotopic (exact) mass is 362 g/mol. The van der Waals surface area contributed by atoms with Crippen molar-refractivity contribution in [3.63, 3.8) is 0 Å². The van der Waals surface area contributed by atoms with Gasteiger partial charge in [0.25, 0.3) is 10.7 Å². The van der Waals surface area contributed by atoms with E-state index in [0.29, 0.717) is 31.0 Å². The van der Waals surface area contributed by atoms with Gasteiger partial charge in [-0.2, -0.15) is 0 Å². The highest BCUT2D eigenvalue weighted by molar-refractivity contribution is 7.71. The van der Waals surface area contributed by atoms with Crippen LogP contribution in [0, 0.1) is 4.84 Å². The number of hydrogen-bond donors (Lipinski definition) is 1. The van der Waals surface area contributed by atoms with E-state index < -0.39 is 0 Å². The van der Waals surface area contributed by atoms with Crippen LogP contribution < -0.4 is 10.1 Å². The number of carbonyl (C=O) groups is 1. The van der Waals surface area contributed by atoms with Gasteiger partial charge in [-0.1, -0.05) is 12.1 Å². The van der Waals surface area contributed by atoms with E-state index in [1.807, 2.05) is 43.1 Å². The molecule has 0 radical (unpaired) electrons. The Labute approximate surface area is 151 Å². The molecular weight excluding hydrogens is 340 g/mol. The summed E-state index contributed by atoms with van der Waals surface area (Å²) in [5.41, 5.74) is 0.753. The number of amides is 1. The molecule has 0 bridgehead atoms. The van der Waals surface area contributed by atoms with Crippen LogP contribution in [0.4, 0.5) is 0 Å². The van der Waals surface area contributed by atoms with Crippen LogP contribution in [0.25, 0.3) is 11.5 Å². The molecule has 7 nitrogen and oxygen atoms in total. The Morgan fingerprint density at radius 2 is 2.24 bits per heavy atom. The van der Waals surface area contributed by atoms with E-state index in [1.54, 1.807) is 4.68 Å². The molecule has 0 atom stereocenters. The van der Waals surface area contributed by atoms with Crippen molar-refractivity contribution in [2.75, 3.05) is 20.2 Å². The van der Waals surface area contributed by atoms with E-state index in [4.69, 9.17) is 21.4 Å². The molecule has 1 aliphatic rings. The van der Waals surface area contributed by atoms with Gasteiger partial charge in [-0.25, -0.2) is 4.68 Å². The molecule has 25 heavy (non-hydrogen) atoms. The summed E-state index contributed by atoms with van der Waals surface area (Å²) in [6, 6.07) is 7.89. The molecule has 1 aromatic heterocycles.